The Morgan fingerprint density at radius 2 is 2.00 bits per heavy atom. The van der Waals surface area contributed by atoms with Gasteiger partial charge in [-0.1, -0.05) is 12.1 Å². The normalized spacial score (nSPS) is 11.1. The molecule has 0 saturated carbocycles. The number of carbonyl (C=O) groups is 1. The number of aromatic nitrogens is 2. The smallest absolute Gasteiger partial charge is 0.250 e. The molecule has 4 heterocycles. The van der Waals surface area contributed by atoms with Crippen LogP contribution in [0.1, 0.15) is 20.9 Å². The average molecular weight is 386 g/mol. The molecule has 0 bridgehead atoms. The summed E-state index contributed by atoms with van der Waals surface area (Å²) < 4.78 is 2.12. The predicted octanol–water partition coefficient (Wildman–Crippen LogP) is 4.86. The number of thiophene rings is 2. The van der Waals surface area contributed by atoms with Crippen molar-refractivity contribution >= 4 is 39.9 Å². The van der Waals surface area contributed by atoms with Crippen LogP contribution in [-0.2, 0) is 6.54 Å². The van der Waals surface area contributed by atoms with E-state index >= 15 is 0 Å². The summed E-state index contributed by atoms with van der Waals surface area (Å²) in [7, 11) is 0. The van der Waals surface area contributed by atoms with Crippen LogP contribution in [0, 0.1) is 6.92 Å². The van der Waals surface area contributed by atoms with Gasteiger partial charge in [0.25, 0.3) is 5.91 Å². The minimum absolute atomic E-state index is 0.405. The second kappa shape index (κ2) is 6.59. The summed E-state index contributed by atoms with van der Waals surface area (Å²) in [5.41, 5.74) is 8.80. The van der Waals surface area contributed by atoms with Crippen molar-refractivity contribution in [1.82, 2.24) is 9.55 Å². The van der Waals surface area contributed by atoms with Gasteiger partial charge in [-0.3, -0.25) is 4.79 Å². The highest BCUT2D eigenvalue weighted by atomic mass is 32.1. The van der Waals surface area contributed by atoms with Crippen LogP contribution >= 0.6 is 34.0 Å². The van der Waals surface area contributed by atoms with E-state index in [1.807, 2.05) is 35.9 Å². The molecule has 0 spiro atoms. The summed E-state index contributed by atoms with van der Waals surface area (Å²) in [4.78, 5) is 19.0. The van der Waals surface area contributed by atoms with Crippen LogP contribution in [0.15, 0.2) is 46.5 Å². The van der Waals surface area contributed by atoms with Gasteiger partial charge in [-0.15, -0.1) is 34.0 Å². The van der Waals surface area contributed by atoms with Crippen molar-refractivity contribution in [3.63, 3.8) is 0 Å². The maximum Gasteiger partial charge on any atom is 0.250 e. The quantitative estimate of drug-likeness (QED) is 0.533. The van der Waals surface area contributed by atoms with Crippen LogP contribution in [0.3, 0.4) is 0 Å². The summed E-state index contributed by atoms with van der Waals surface area (Å²) in [6.45, 7) is 2.64. The van der Waals surface area contributed by atoms with Gasteiger partial charge in [0, 0.05) is 16.0 Å². The first kappa shape index (κ1) is 16.3. The molecular formula is C18H15N3OS3. The number of amides is 1. The van der Waals surface area contributed by atoms with Crippen molar-refractivity contribution in [3.05, 3.63) is 62.6 Å². The van der Waals surface area contributed by atoms with E-state index in [2.05, 4.69) is 22.1 Å². The molecule has 126 valence electrons. The lowest BCUT2D eigenvalue weighted by atomic mass is 10.2. The summed E-state index contributed by atoms with van der Waals surface area (Å²) in [5, 5.41) is 7.14. The van der Waals surface area contributed by atoms with Gasteiger partial charge < -0.3 is 10.3 Å². The van der Waals surface area contributed by atoms with Gasteiger partial charge in [0.05, 0.1) is 28.4 Å². The first-order valence-corrected chi connectivity index (χ1v) is 10.3. The molecule has 0 unspecified atom stereocenters. The van der Waals surface area contributed by atoms with Crippen molar-refractivity contribution in [2.75, 3.05) is 0 Å². The largest absolute Gasteiger partial charge is 0.366 e. The van der Waals surface area contributed by atoms with Crippen LogP contribution in [0.25, 0.3) is 21.3 Å². The number of carbonyl (C=O) groups excluding carboxylic acids is 1. The van der Waals surface area contributed by atoms with Crippen molar-refractivity contribution < 1.29 is 4.79 Å². The average Bonchev–Trinajstić information content (AvgIpc) is 3.35. The molecule has 7 heteroatoms. The second-order valence-corrected chi connectivity index (χ2v) is 8.41. The first-order chi connectivity index (χ1) is 12.1. The Labute approximate surface area is 157 Å². The fourth-order valence-corrected chi connectivity index (χ4v) is 5.09. The molecular weight excluding hydrogens is 370 g/mol. The maximum atomic E-state index is 11.8. The molecule has 1 amide bonds. The fourth-order valence-electron chi connectivity index (χ4n) is 2.77. The van der Waals surface area contributed by atoms with Gasteiger partial charge in [0.2, 0.25) is 0 Å². The third kappa shape index (κ3) is 3.06. The molecule has 0 aromatic carbocycles. The zero-order valence-corrected chi connectivity index (χ0v) is 15.9. The van der Waals surface area contributed by atoms with Crippen LogP contribution < -0.4 is 5.73 Å². The Morgan fingerprint density at radius 1 is 1.20 bits per heavy atom. The molecule has 4 aromatic heterocycles. The Kier molecular flexibility index (Phi) is 4.29. The van der Waals surface area contributed by atoms with E-state index < -0.39 is 5.91 Å². The third-order valence-electron chi connectivity index (χ3n) is 4.02. The lowest BCUT2D eigenvalue weighted by Crippen LogP contribution is -2.12. The van der Waals surface area contributed by atoms with E-state index in [0.717, 1.165) is 27.0 Å². The monoisotopic (exact) mass is 385 g/mol. The maximum absolute atomic E-state index is 11.8. The molecule has 0 fully saturated rings. The molecule has 4 aromatic rings. The van der Waals surface area contributed by atoms with E-state index in [1.54, 1.807) is 34.0 Å². The summed E-state index contributed by atoms with van der Waals surface area (Å²) >= 11 is 4.99. The number of thiazole rings is 1. The Morgan fingerprint density at radius 3 is 2.68 bits per heavy atom. The summed E-state index contributed by atoms with van der Waals surface area (Å²) in [5.74, 6) is -0.405. The fraction of sp³-hybridized carbons (Fsp3) is 0.111. The van der Waals surface area contributed by atoms with Crippen LogP contribution in [0.2, 0.25) is 0 Å². The lowest BCUT2D eigenvalue weighted by Gasteiger charge is -2.09. The van der Waals surface area contributed by atoms with E-state index in [4.69, 9.17) is 10.7 Å². The number of nitrogens with two attached hydrogens (primary N) is 1. The van der Waals surface area contributed by atoms with Crippen molar-refractivity contribution in [1.29, 1.82) is 0 Å². The lowest BCUT2D eigenvalue weighted by molar-refractivity contribution is 0.0999. The Balaban J connectivity index is 1.80. The predicted molar refractivity (Wildman–Crippen MR) is 106 cm³/mol. The van der Waals surface area contributed by atoms with E-state index in [-0.39, 0.29) is 0 Å². The van der Waals surface area contributed by atoms with Crippen LogP contribution in [0.5, 0.6) is 0 Å². The van der Waals surface area contributed by atoms with Gasteiger partial charge >= 0.3 is 0 Å². The molecule has 4 rings (SSSR count). The number of primary amides is 1. The highest BCUT2D eigenvalue weighted by molar-refractivity contribution is 7.20. The van der Waals surface area contributed by atoms with Crippen LogP contribution in [0.4, 0.5) is 0 Å². The van der Waals surface area contributed by atoms with E-state index in [0.29, 0.717) is 12.1 Å². The molecule has 0 atom stereocenters. The Hall–Kier alpha value is -2.22. The molecule has 25 heavy (non-hydrogen) atoms. The number of hydrogen-bond donors (Lipinski definition) is 1. The van der Waals surface area contributed by atoms with Gasteiger partial charge in [0.1, 0.15) is 5.01 Å². The topological polar surface area (TPSA) is 60.9 Å². The molecule has 2 N–H and O–H groups in total. The molecule has 0 radical (unpaired) electrons. The van der Waals surface area contributed by atoms with Gasteiger partial charge in [-0.25, -0.2) is 4.98 Å². The number of nitrogens with zero attached hydrogens (tertiary/aromatic N) is 2. The molecule has 0 aliphatic carbocycles. The van der Waals surface area contributed by atoms with Crippen molar-refractivity contribution in [2.24, 2.45) is 5.73 Å². The highest BCUT2D eigenvalue weighted by Gasteiger charge is 2.19. The first-order valence-electron chi connectivity index (χ1n) is 7.65. The zero-order valence-electron chi connectivity index (χ0n) is 13.4. The second-order valence-electron chi connectivity index (χ2n) is 5.57. The standard InChI is InChI=1S/C18H15N3OS3/c1-11-13(17(19)22)8-15(21(11)9-12-4-2-6-23-12)14-10-25-18(20-14)16-5-3-7-24-16/h2-8,10H,9H2,1H3,(H2,19,22). The van der Waals surface area contributed by atoms with E-state index in [9.17, 15) is 4.79 Å². The minimum Gasteiger partial charge on any atom is -0.366 e. The number of rotatable bonds is 5. The van der Waals surface area contributed by atoms with Gasteiger partial charge in [0.15, 0.2) is 0 Å². The molecule has 0 saturated heterocycles. The molecule has 4 nitrogen and oxygen atoms in total. The molecule has 0 aliphatic heterocycles. The minimum atomic E-state index is -0.405. The number of hydrogen-bond acceptors (Lipinski definition) is 5. The summed E-state index contributed by atoms with van der Waals surface area (Å²) in [6, 6.07) is 10.1. The van der Waals surface area contributed by atoms with Crippen molar-refractivity contribution in [3.8, 4) is 21.3 Å². The van der Waals surface area contributed by atoms with Gasteiger partial charge in [-0.05, 0) is 35.9 Å². The Bertz CT molecular complexity index is 1010. The SMILES string of the molecule is Cc1c(C(N)=O)cc(-c2csc(-c3cccs3)n2)n1Cc1cccs1. The van der Waals surface area contributed by atoms with Crippen molar-refractivity contribution in [2.45, 2.75) is 13.5 Å². The highest BCUT2D eigenvalue weighted by Crippen LogP contribution is 2.33. The van der Waals surface area contributed by atoms with Crippen LogP contribution in [-0.4, -0.2) is 15.5 Å². The third-order valence-corrected chi connectivity index (χ3v) is 6.77. The van der Waals surface area contributed by atoms with E-state index in [1.165, 1.54) is 4.88 Å². The summed E-state index contributed by atoms with van der Waals surface area (Å²) in [6.07, 6.45) is 0. The zero-order chi connectivity index (χ0) is 17.4. The molecule has 0 aliphatic rings. The van der Waals surface area contributed by atoms with Gasteiger partial charge in [-0.2, -0.15) is 0 Å².